The number of carbonyl (C=O) groups excluding carboxylic acids is 4. The summed E-state index contributed by atoms with van der Waals surface area (Å²) in [5, 5.41) is 21.6. The van der Waals surface area contributed by atoms with Crippen LogP contribution in [-0.4, -0.2) is 33.8 Å². The molecule has 0 bridgehead atoms. The number of aryl methyl sites for hydroxylation is 2. The molecule has 4 amide bonds. The van der Waals surface area contributed by atoms with E-state index in [-0.39, 0.29) is 29.0 Å². The lowest BCUT2D eigenvalue weighted by molar-refractivity contribution is -0.131. The third kappa shape index (κ3) is 17.0. The quantitative estimate of drug-likeness (QED) is 0.0421. The van der Waals surface area contributed by atoms with Crippen LogP contribution < -0.4 is 21.7 Å². The molecule has 6 N–H and O–H groups in total. The van der Waals surface area contributed by atoms with Crippen LogP contribution in [0.2, 0.25) is 0 Å². The molecule has 0 spiro atoms. The Labute approximate surface area is 312 Å². The molecular formula is C42H66N4O6. The van der Waals surface area contributed by atoms with Gasteiger partial charge in [-0.25, -0.2) is 0 Å². The summed E-state index contributed by atoms with van der Waals surface area (Å²) in [4.78, 5) is 52.2. The number of hydrazine groups is 2. The minimum absolute atomic E-state index is 0.0622. The van der Waals surface area contributed by atoms with Crippen LogP contribution in [0.5, 0.6) is 11.5 Å². The normalized spacial score (nSPS) is 11.5. The highest BCUT2D eigenvalue weighted by Gasteiger charge is 2.24. The van der Waals surface area contributed by atoms with Crippen LogP contribution in [-0.2, 0) is 22.4 Å². The molecule has 1 unspecified atom stereocenters. The van der Waals surface area contributed by atoms with Gasteiger partial charge in [0.1, 0.15) is 11.5 Å². The molecule has 0 saturated heterocycles. The fraction of sp³-hybridized carbons (Fsp3) is 0.619. The van der Waals surface area contributed by atoms with Gasteiger partial charge in [-0.15, -0.1) is 0 Å². The molecule has 10 nitrogen and oxygen atoms in total. The van der Waals surface area contributed by atoms with E-state index >= 15 is 0 Å². The molecule has 0 saturated carbocycles. The Bertz CT molecular complexity index is 1360. The lowest BCUT2D eigenvalue weighted by atomic mass is 9.96. The molecule has 290 valence electrons. The number of aromatic hydroxyl groups is 2. The van der Waals surface area contributed by atoms with Crippen molar-refractivity contribution in [3.63, 3.8) is 0 Å². The smallest absolute Gasteiger partial charge is 0.273 e. The molecule has 52 heavy (non-hydrogen) atoms. The van der Waals surface area contributed by atoms with E-state index in [2.05, 4.69) is 42.5 Å². The van der Waals surface area contributed by atoms with Crippen molar-refractivity contribution in [2.24, 2.45) is 5.92 Å². The lowest BCUT2D eigenvalue weighted by Crippen LogP contribution is -2.47. The minimum atomic E-state index is -0.773. The molecule has 0 fully saturated rings. The summed E-state index contributed by atoms with van der Waals surface area (Å²) in [6.45, 7) is 6.50. The Morgan fingerprint density at radius 2 is 0.923 bits per heavy atom. The molecular weight excluding hydrogens is 656 g/mol. The fourth-order valence-corrected chi connectivity index (χ4v) is 6.40. The summed E-state index contributed by atoms with van der Waals surface area (Å²) in [6.07, 6.45) is 20.9. The summed E-state index contributed by atoms with van der Waals surface area (Å²) in [5.74, 6) is -3.38. The number of hydrogen-bond acceptors (Lipinski definition) is 6. The minimum Gasteiger partial charge on any atom is -0.507 e. The maximum atomic E-state index is 13.3. The van der Waals surface area contributed by atoms with Crippen LogP contribution in [0.25, 0.3) is 0 Å². The van der Waals surface area contributed by atoms with Gasteiger partial charge in [-0.3, -0.25) is 40.9 Å². The van der Waals surface area contributed by atoms with Gasteiger partial charge in [-0.1, -0.05) is 148 Å². The van der Waals surface area contributed by atoms with Crippen LogP contribution in [0.3, 0.4) is 0 Å². The summed E-state index contributed by atoms with van der Waals surface area (Å²) >= 11 is 0. The molecule has 0 aliphatic carbocycles. The maximum absolute atomic E-state index is 13.3. The maximum Gasteiger partial charge on any atom is 0.273 e. The van der Waals surface area contributed by atoms with Crippen LogP contribution in [0.1, 0.15) is 181 Å². The van der Waals surface area contributed by atoms with Gasteiger partial charge in [0.05, 0.1) is 11.1 Å². The van der Waals surface area contributed by atoms with Gasteiger partial charge in [-0.05, 0) is 55.4 Å². The van der Waals surface area contributed by atoms with Gasteiger partial charge in [0.25, 0.3) is 11.8 Å². The Kier molecular flexibility index (Phi) is 22.6. The molecule has 1 atom stereocenters. The molecule has 0 aliphatic rings. The number of hydrogen-bond donors (Lipinski definition) is 6. The molecule has 2 aromatic rings. The first kappa shape index (κ1) is 44.1. The number of rotatable bonds is 26. The van der Waals surface area contributed by atoms with Crippen molar-refractivity contribution in [2.75, 3.05) is 0 Å². The summed E-state index contributed by atoms with van der Waals surface area (Å²) < 4.78 is 0. The zero-order valence-corrected chi connectivity index (χ0v) is 32.1. The largest absolute Gasteiger partial charge is 0.507 e. The Morgan fingerprint density at radius 1 is 0.519 bits per heavy atom. The van der Waals surface area contributed by atoms with Crippen LogP contribution in [0, 0.1) is 5.92 Å². The van der Waals surface area contributed by atoms with Gasteiger partial charge in [0.2, 0.25) is 11.8 Å². The van der Waals surface area contributed by atoms with Crippen LogP contribution >= 0.6 is 0 Å². The SMILES string of the molecule is CCCCCCCCc1cccc(C(=O)NNC(=O)CC(CCCCCCCC)C(=O)NNC(=O)c2cccc(CCCCCCCC)c2O)c1O. The third-order valence-electron chi connectivity index (χ3n) is 9.65. The Hall–Kier alpha value is -4.08. The first-order valence-corrected chi connectivity index (χ1v) is 20.0. The topological polar surface area (TPSA) is 157 Å². The van der Waals surface area contributed by atoms with Crippen molar-refractivity contribution in [2.45, 2.75) is 162 Å². The van der Waals surface area contributed by atoms with E-state index in [9.17, 15) is 29.4 Å². The lowest BCUT2D eigenvalue weighted by Gasteiger charge is -2.18. The number of unbranched alkanes of at least 4 members (excludes halogenated alkanes) is 15. The predicted octanol–water partition coefficient (Wildman–Crippen LogP) is 8.88. The van der Waals surface area contributed by atoms with Gasteiger partial charge in [-0.2, -0.15) is 0 Å². The van der Waals surface area contributed by atoms with Crippen molar-refractivity contribution in [3.8, 4) is 11.5 Å². The van der Waals surface area contributed by atoms with E-state index in [1.165, 1.54) is 50.7 Å². The summed E-state index contributed by atoms with van der Waals surface area (Å²) in [5.41, 5.74) is 11.1. The molecule has 2 rings (SSSR count). The Morgan fingerprint density at radius 3 is 1.38 bits per heavy atom. The van der Waals surface area contributed by atoms with E-state index in [0.717, 1.165) is 77.0 Å². The van der Waals surface area contributed by atoms with E-state index in [1.807, 2.05) is 0 Å². The van der Waals surface area contributed by atoms with Gasteiger partial charge in [0.15, 0.2) is 0 Å². The highest BCUT2D eigenvalue weighted by molar-refractivity contribution is 5.99. The number of carbonyl (C=O) groups is 4. The van der Waals surface area contributed by atoms with Gasteiger partial charge in [0, 0.05) is 12.3 Å². The molecule has 0 radical (unpaired) electrons. The van der Waals surface area contributed by atoms with Crippen molar-refractivity contribution < 1.29 is 29.4 Å². The molecule has 0 aromatic heterocycles. The third-order valence-corrected chi connectivity index (χ3v) is 9.65. The van der Waals surface area contributed by atoms with Gasteiger partial charge < -0.3 is 10.2 Å². The molecule has 0 heterocycles. The van der Waals surface area contributed by atoms with E-state index in [1.54, 1.807) is 24.3 Å². The first-order valence-electron chi connectivity index (χ1n) is 20.0. The number of benzene rings is 2. The standard InChI is InChI=1S/C42H66N4O6/c1-4-7-10-13-16-19-24-32-27-22-29-35(38(32)48)41(51)45-43-37(47)31-34(26-21-18-15-12-9-6-3)40(50)44-46-42(52)36-30-23-28-33(39(36)49)25-20-17-14-11-8-5-2/h22-23,27-30,34,48-49H,4-21,24-26,31H2,1-3H3,(H,43,47)(H,44,50)(H,45,51)(H,46,52). The van der Waals surface area contributed by atoms with E-state index in [0.29, 0.717) is 30.4 Å². The van der Waals surface area contributed by atoms with E-state index in [4.69, 9.17) is 0 Å². The molecule has 0 aliphatic heterocycles. The van der Waals surface area contributed by atoms with Crippen molar-refractivity contribution in [1.29, 1.82) is 0 Å². The zero-order chi connectivity index (χ0) is 38.0. The number of phenolic OH excluding ortho intramolecular Hbond substituents is 2. The number of phenols is 2. The number of nitrogens with one attached hydrogen (secondary N) is 4. The number of amides is 4. The zero-order valence-electron chi connectivity index (χ0n) is 32.1. The van der Waals surface area contributed by atoms with Crippen LogP contribution in [0.15, 0.2) is 36.4 Å². The number of para-hydroxylation sites is 2. The van der Waals surface area contributed by atoms with Crippen molar-refractivity contribution in [3.05, 3.63) is 58.7 Å². The monoisotopic (exact) mass is 722 g/mol. The van der Waals surface area contributed by atoms with Gasteiger partial charge >= 0.3 is 0 Å². The van der Waals surface area contributed by atoms with Crippen LogP contribution in [0.4, 0.5) is 0 Å². The molecule has 10 heteroatoms. The average molecular weight is 723 g/mol. The Balaban J connectivity index is 1.96. The van der Waals surface area contributed by atoms with Crippen molar-refractivity contribution >= 4 is 23.6 Å². The fourth-order valence-electron chi connectivity index (χ4n) is 6.40. The highest BCUT2D eigenvalue weighted by atomic mass is 16.3. The predicted molar refractivity (Wildman–Crippen MR) is 208 cm³/mol. The van der Waals surface area contributed by atoms with E-state index < -0.39 is 29.5 Å². The average Bonchev–Trinajstić information content (AvgIpc) is 3.14. The highest BCUT2D eigenvalue weighted by Crippen LogP contribution is 2.26. The van der Waals surface area contributed by atoms with Crippen molar-refractivity contribution in [1.82, 2.24) is 21.7 Å². The first-order chi connectivity index (χ1) is 25.2. The second-order valence-corrected chi connectivity index (χ2v) is 14.1. The summed E-state index contributed by atoms with van der Waals surface area (Å²) in [7, 11) is 0. The molecule has 2 aromatic carbocycles. The second-order valence-electron chi connectivity index (χ2n) is 14.1. The second kappa shape index (κ2) is 26.7. The summed E-state index contributed by atoms with van der Waals surface area (Å²) in [6, 6.07) is 10.0.